The molecule has 0 saturated heterocycles. The molecule has 0 amide bonds. The van der Waals surface area contributed by atoms with Gasteiger partial charge in [-0.15, -0.1) is 0 Å². The maximum atomic E-state index is 4.39. The highest BCUT2D eigenvalue weighted by molar-refractivity contribution is 7.97. The minimum atomic E-state index is 1.10. The molecule has 1 heterocycles. The molecule has 0 aliphatic rings. The summed E-state index contributed by atoms with van der Waals surface area (Å²) in [6, 6.07) is 8.27. The molecule has 0 aliphatic carbocycles. The topological polar surface area (TPSA) is 17.8 Å². The molecule has 0 aliphatic heterocycles. The van der Waals surface area contributed by atoms with E-state index in [0.29, 0.717) is 0 Å². The zero-order chi connectivity index (χ0) is 10.6. The third-order valence-electron chi connectivity index (χ3n) is 1.91. The Hall–Kier alpha value is -0.960. The van der Waals surface area contributed by atoms with Crippen LogP contribution in [0.15, 0.2) is 24.3 Å². The highest BCUT2D eigenvalue weighted by Gasteiger charge is 2.03. The number of para-hydroxylation sites is 1. The van der Waals surface area contributed by atoms with Crippen molar-refractivity contribution < 1.29 is 0 Å². The van der Waals surface area contributed by atoms with Crippen molar-refractivity contribution in [1.82, 2.24) is 9.19 Å². The second-order valence-electron chi connectivity index (χ2n) is 2.66. The van der Waals surface area contributed by atoms with Crippen molar-refractivity contribution >= 4 is 22.9 Å². The lowest BCUT2D eigenvalue weighted by Gasteiger charge is -1.94. The van der Waals surface area contributed by atoms with Gasteiger partial charge in [-0.1, -0.05) is 32.0 Å². The molecule has 14 heavy (non-hydrogen) atoms. The molecule has 2 nitrogen and oxygen atoms in total. The van der Waals surface area contributed by atoms with Crippen molar-refractivity contribution in [3.05, 3.63) is 30.0 Å². The van der Waals surface area contributed by atoms with Crippen LogP contribution in [0.5, 0.6) is 0 Å². The predicted octanol–water partition coefficient (Wildman–Crippen LogP) is 3.50. The van der Waals surface area contributed by atoms with Crippen LogP contribution in [0.2, 0.25) is 0 Å². The Morgan fingerprint density at radius 3 is 2.50 bits per heavy atom. The molecule has 0 spiro atoms. The Morgan fingerprint density at radius 1 is 1.21 bits per heavy atom. The van der Waals surface area contributed by atoms with E-state index in [-0.39, 0.29) is 0 Å². The summed E-state index contributed by atoms with van der Waals surface area (Å²) in [6.45, 7) is 6.04. The fourth-order valence-corrected chi connectivity index (χ4v) is 1.89. The molecule has 3 heteroatoms. The highest BCUT2D eigenvalue weighted by atomic mass is 32.2. The largest absolute Gasteiger partial charge is 0.206 e. The third kappa shape index (κ3) is 1.93. The summed E-state index contributed by atoms with van der Waals surface area (Å²) in [6.07, 6.45) is 2.03. The van der Waals surface area contributed by atoms with Crippen molar-refractivity contribution in [2.75, 3.05) is 6.26 Å². The van der Waals surface area contributed by atoms with Gasteiger partial charge in [0, 0.05) is 11.6 Å². The van der Waals surface area contributed by atoms with E-state index in [0.717, 1.165) is 5.69 Å². The lowest BCUT2D eigenvalue weighted by atomic mass is 10.2. The minimum absolute atomic E-state index is 1.10. The normalized spacial score (nSPS) is 9.71. The molecule has 1 aromatic carbocycles. The standard InChI is InChI=1S/C9H10N2S.C2H6/c1-7-8-5-3-4-6-9(8)11(10-7)12-2;1-2/h3-6H,1-2H3;1-2H3. The van der Waals surface area contributed by atoms with E-state index in [9.17, 15) is 0 Å². The first-order chi connectivity index (χ1) is 6.83. The summed E-state index contributed by atoms with van der Waals surface area (Å²) in [5.74, 6) is 0. The van der Waals surface area contributed by atoms with Gasteiger partial charge in [-0.25, -0.2) is 4.09 Å². The summed E-state index contributed by atoms with van der Waals surface area (Å²) in [5, 5.41) is 5.63. The van der Waals surface area contributed by atoms with Crippen LogP contribution in [0.3, 0.4) is 0 Å². The second kappa shape index (κ2) is 5.05. The Kier molecular flexibility index (Phi) is 4.01. The Labute approximate surface area is 89.4 Å². The van der Waals surface area contributed by atoms with Crippen LogP contribution in [0.4, 0.5) is 0 Å². The van der Waals surface area contributed by atoms with Crippen molar-refractivity contribution in [2.24, 2.45) is 0 Å². The Balaban J connectivity index is 0.000000461. The molecule has 2 aromatic rings. The van der Waals surface area contributed by atoms with Gasteiger partial charge < -0.3 is 0 Å². The monoisotopic (exact) mass is 208 g/mol. The van der Waals surface area contributed by atoms with Crippen molar-refractivity contribution in [3.8, 4) is 0 Å². The second-order valence-corrected chi connectivity index (χ2v) is 3.37. The van der Waals surface area contributed by atoms with Crippen molar-refractivity contribution in [2.45, 2.75) is 20.8 Å². The van der Waals surface area contributed by atoms with E-state index in [2.05, 4.69) is 17.2 Å². The smallest absolute Gasteiger partial charge is 0.0814 e. The van der Waals surface area contributed by atoms with E-state index in [1.165, 1.54) is 10.9 Å². The molecule has 0 fully saturated rings. The van der Waals surface area contributed by atoms with E-state index in [4.69, 9.17) is 0 Å². The van der Waals surface area contributed by atoms with Gasteiger partial charge in [0.2, 0.25) is 0 Å². The van der Waals surface area contributed by atoms with Gasteiger partial charge >= 0.3 is 0 Å². The summed E-state index contributed by atoms with van der Waals surface area (Å²) >= 11 is 1.62. The van der Waals surface area contributed by atoms with Crippen molar-refractivity contribution in [3.63, 3.8) is 0 Å². The number of rotatable bonds is 1. The molecule has 0 radical (unpaired) electrons. The quantitative estimate of drug-likeness (QED) is 0.714. The number of nitrogens with zero attached hydrogens (tertiary/aromatic N) is 2. The summed E-state index contributed by atoms with van der Waals surface area (Å²) in [5.41, 5.74) is 2.29. The van der Waals surface area contributed by atoms with E-state index in [1.807, 2.05) is 43.2 Å². The molecule has 2 rings (SSSR count). The van der Waals surface area contributed by atoms with Crippen LogP contribution in [-0.2, 0) is 0 Å². The number of aromatic nitrogens is 2. The Bertz CT molecular complexity index is 407. The van der Waals surface area contributed by atoms with Gasteiger partial charge in [0.25, 0.3) is 0 Å². The average Bonchev–Trinajstić information content (AvgIpc) is 2.59. The van der Waals surface area contributed by atoms with Gasteiger partial charge in [-0.2, -0.15) is 5.10 Å². The molecule has 1 aromatic heterocycles. The molecule has 0 N–H and O–H groups in total. The first kappa shape index (κ1) is 11.1. The van der Waals surface area contributed by atoms with Gasteiger partial charge in [0.1, 0.15) is 0 Å². The number of aryl methyl sites for hydroxylation is 1. The molecular formula is C11H16N2S. The summed E-state index contributed by atoms with van der Waals surface area (Å²) in [4.78, 5) is 0. The predicted molar refractivity (Wildman–Crippen MR) is 64.7 cm³/mol. The fraction of sp³-hybridized carbons (Fsp3) is 0.364. The van der Waals surface area contributed by atoms with Gasteiger partial charge in [-0.05, 0) is 24.9 Å². The van der Waals surface area contributed by atoms with Gasteiger partial charge in [0.05, 0.1) is 11.2 Å². The zero-order valence-electron chi connectivity index (χ0n) is 9.11. The van der Waals surface area contributed by atoms with Crippen LogP contribution in [0.1, 0.15) is 19.5 Å². The van der Waals surface area contributed by atoms with Crippen LogP contribution in [-0.4, -0.2) is 15.4 Å². The lowest BCUT2D eigenvalue weighted by molar-refractivity contribution is 1.01. The van der Waals surface area contributed by atoms with Crippen LogP contribution < -0.4 is 0 Å². The van der Waals surface area contributed by atoms with Gasteiger partial charge in [-0.3, -0.25) is 0 Å². The number of hydrogen-bond acceptors (Lipinski definition) is 2. The number of fused-ring (bicyclic) bond motifs is 1. The molecule has 0 atom stereocenters. The lowest BCUT2D eigenvalue weighted by Crippen LogP contribution is -1.86. The maximum Gasteiger partial charge on any atom is 0.0814 e. The first-order valence-electron chi connectivity index (χ1n) is 4.82. The van der Waals surface area contributed by atoms with Crippen LogP contribution in [0.25, 0.3) is 10.9 Å². The minimum Gasteiger partial charge on any atom is -0.206 e. The SMILES string of the molecule is CC.CSn1nc(C)c2ccccc21. The summed E-state index contributed by atoms with van der Waals surface area (Å²) < 4.78 is 1.95. The maximum absolute atomic E-state index is 4.39. The number of hydrogen-bond donors (Lipinski definition) is 0. The molecule has 0 bridgehead atoms. The summed E-state index contributed by atoms with van der Waals surface area (Å²) in [7, 11) is 0. The highest BCUT2D eigenvalue weighted by Crippen LogP contribution is 2.19. The molecule has 76 valence electrons. The van der Waals surface area contributed by atoms with Gasteiger partial charge in [0.15, 0.2) is 0 Å². The Morgan fingerprint density at radius 2 is 1.86 bits per heavy atom. The van der Waals surface area contributed by atoms with Crippen LogP contribution in [0, 0.1) is 6.92 Å². The van der Waals surface area contributed by atoms with Crippen LogP contribution >= 0.6 is 11.9 Å². The molecule has 0 saturated carbocycles. The molecule has 0 unspecified atom stereocenters. The average molecular weight is 208 g/mol. The third-order valence-corrected chi connectivity index (χ3v) is 2.54. The zero-order valence-corrected chi connectivity index (χ0v) is 9.93. The first-order valence-corrected chi connectivity index (χ1v) is 6.00. The van der Waals surface area contributed by atoms with E-state index >= 15 is 0 Å². The molecular weight excluding hydrogens is 192 g/mol. The van der Waals surface area contributed by atoms with E-state index in [1.54, 1.807) is 11.9 Å². The number of benzene rings is 1. The van der Waals surface area contributed by atoms with E-state index < -0.39 is 0 Å². The van der Waals surface area contributed by atoms with Crippen molar-refractivity contribution in [1.29, 1.82) is 0 Å². The fourth-order valence-electron chi connectivity index (χ4n) is 1.33.